The fourth-order valence-electron chi connectivity index (χ4n) is 8.60. The van der Waals surface area contributed by atoms with Gasteiger partial charge in [-0.2, -0.15) is 0 Å². The van der Waals surface area contributed by atoms with Gasteiger partial charge in [0.15, 0.2) is 0 Å². The summed E-state index contributed by atoms with van der Waals surface area (Å²) in [6, 6.07) is 49.2. The lowest BCUT2D eigenvalue weighted by Crippen LogP contribution is -2.20. The van der Waals surface area contributed by atoms with Gasteiger partial charge in [0.1, 0.15) is 0 Å². The molecule has 0 spiro atoms. The van der Waals surface area contributed by atoms with Crippen molar-refractivity contribution < 1.29 is 0 Å². The first-order chi connectivity index (χ1) is 25.3. The summed E-state index contributed by atoms with van der Waals surface area (Å²) in [4.78, 5) is 1.40. The lowest BCUT2D eigenvalue weighted by atomic mass is 9.89. The van der Waals surface area contributed by atoms with Crippen LogP contribution in [-0.4, -0.2) is 14.4 Å². The molecule has 4 heteroatoms. The van der Waals surface area contributed by atoms with Crippen molar-refractivity contribution in [2.45, 2.75) is 22.1 Å². The van der Waals surface area contributed by atoms with Gasteiger partial charge in [0.05, 0.1) is 28.1 Å². The van der Waals surface area contributed by atoms with Gasteiger partial charge in [-0.3, -0.25) is 0 Å². The van der Waals surface area contributed by atoms with E-state index in [4.69, 9.17) is 0 Å². The summed E-state index contributed by atoms with van der Waals surface area (Å²) in [5.74, 6) is 0.372. The molecule has 3 atom stereocenters. The molecule has 0 saturated carbocycles. The molecule has 0 fully saturated rings. The number of hydrogen-bond donors (Lipinski definition) is 1. The highest BCUT2D eigenvalue weighted by atomic mass is 32.2. The van der Waals surface area contributed by atoms with Crippen LogP contribution < -0.4 is 5.32 Å². The molecular formula is C47H33N3S. The predicted octanol–water partition coefficient (Wildman–Crippen LogP) is 11.8. The third-order valence-corrected chi connectivity index (χ3v) is 12.2. The summed E-state index contributed by atoms with van der Waals surface area (Å²) in [5.41, 5.74) is 12.3. The molecule has 51 heavy (non-hydrogen) atoms. The Hall–Kier alpha value is -5.97. The first-order valence-corrected chi connectivity index (χ1v) is 18.6. The van der Waals surface area contributed by atoms with Crippen LogP contribution in [0, 0.1) is 0 Å². The number of aromatic nitrogens is 2. The molecule has 3 aliphatic rings. The Bertz CT molecular complexity index is 2800. The Morgan fingerprint density at radius 1 is 0.529 bits per heavy atom. The fraction of sp³-hybridized carbons (Fsp3) is 0.0638. The van der Waals surface area contributed by atoms with Crippen LogP contribution in [0.15, 0.2) is 181 Å². The van der Waals surface area contributed by atoms with Crippen molar-refractivity contribution in [3.63, 3.8) is 0 Å². The minimum atomic E-state index is 0.151. The molecule has 11 rings (SSSR count). The molecule has 4 heterocycles. The van der Waals surface area contributed by atoms with Crippen LogP contribution in [0.2, 0.25) is 0 Å². The van der Waals surface area contributed by atoms with Crippen molar-refractivity contribution >= 4 is 61.1 Å². The van der Waals surface area contributed by atoms with Crippen LogP contribution in [0.5, 0.6) is 0 Å². The highest BCUT2D eigenvalue weighted by molar-refractivity contribution is 8.00. The van der Waals surface area contributed by atoms with E-state index in [-0.39, 0.29) is 6.04 Å². The maximum Gasteiger partial charge on any atom is 0.0701 e. The molecule has 0 radical (unpaired) electrons. The first kappa shape index (κ1) is 28.8. The topological polar surface area (TPSA) is 21.9 Å². The van der Waals surface area contributed by atoms with Crippen LogP contribution in [0.25, 0.3) is 60.7 Å². The van der Waals surface area contributed by atoms with E-state index in [9.17, 15) is 0 Å². The molecule has 2 aromatic heterocycles. The second kappa shape index (κ2) is 11.3. The maximum atomic E-state index is 3.74. The number of para-hydroxylation sites is 2. The zero-order valence-electron chi connectivity index (χ0n) is 27.8. The smallest absolute Gasteiger partial charge is 0.0701 e. The molecule has 3 unspecified atom stereocenters. The zero-order valence-corrected chi connectivity index (χ0v) is 28.6. The molecule has 1 N–H and O–H groups in total. The molecule has 1 aliphatic carbocycles. The Kier molecular flexibility index (Phi) is 6.37. The van der Waals surface area contributed by atoms with Gasteiger partial charge in [0.25, 0.3) is 0 Å². The average molecular weight is 672 g/mol. The van der Waals surface area contributed by atoms with Crippen molar-refractivity contribution in [2.75, 3.05) is 0 Å². The van der Waals surface area contributed by atoms with Crippen molar-refractivity contribution in [3.8, 4) is 11.4 Å². The molecule has 242 valence electrons. The van der Waals surface area contributed by atoms with Gasteiger partial charge >= 0.3 is 0 Å². The lowest BCUT2D eigenvalue weighted by molar-refractivity contribution is 0.764. The molecule has 3 nitrogen and oxygen atoms in total. The van der Waals surface area contributed by atoms with Crippen LogP contribution in [0.1, 0.15) is 28.7 Å². The Morgan fingerprint density at radius 2 is 1.25 bits per heavy atom. The normalized spacial score (nSPS) is 19.1. The molecule has 0 bridgehead atoms. The third kappa shape index (κ3) is 4.40. The van der Waals surface area contributed by atoms with Crippen LogP contribution in [0.3, 0.4) is 0 Å². The van der Waals surface area contributed by atoms with Gasteiger partial charge < -0.3 is 14.5 Å². The Morgan fingerprint density at radius 3 is 2.12 bits per heavy atom. The summed E-state index contributed by atoms with van der Waals surface area (Å²) in [6.07, 6.45) is 15.8. The molecule has 6 aromatic carbocycles. The van der Waals surface area contributed by atoms with Crippen molar-refractivity contribution in [2.24, 2.45) is 0 Å². The highest BCUT2D eigenvalue weighted by Gasteiger charge is 2.34. The molecular weight excluding hydrogens is 639 g/mol. The summed E-state index contributed by atoms with van der Waals surface area (Å²) in [6.45, 7) is 0. The monoisotopic (exact) mass is 671 g/mol. The van der Waals surface area contributed by atoms with Crippen LogP contribution >= 0.6 is 11.8 Å². The van der Waals surface area contributed by atoms with E-state index in [1.54, 1.807) is 0 Å². The van der Waals surface area contributed by atoms with E-state index in [0.29, 0.717) is 11.2 Å². The minimum absolute atomic E-state index is 0.151. The van der Waals surface area contributed by atoms with Gasteiger partial charge in [-0.05, 0) is 77.4 Å². The summed E-state index contributed by atoms with van der Waals surface area (Å²) >= 11 is 2.00. The number of rotatable bonds is 4. The van der Waals surface area contributed by atoms with Gasteiger partial charge in [-0.1, -0.05) is 115 Å². The number of thioether (sulfide) groups is 1. The quantitative estimate of drug-likeness (QED) is 0.201. The number of nitrogens with one attached hydrogen (secondary N) is 1. The van der Waals surface area contributed by atoms with Gasteiger partial charge in [0, 0.05) is 54.7 Å². The van der Waals surface area contributed by atoms with E-state index in [2.05, 4.69) is 190 Å². The number of allylic oxidation sites excluding steroid dienone is 5. The van der Waals surface area contributed by atoms with E-state index in [1.165, 1.54) is 70.9 Å². The number of nitrogens with zero attached hydrogens (tertiary/aromatic N) is 2. The van der Waals surface area contributed by atoms with E-state index < -0.39 is 0 Å². The molecule has 0 amide bonds. The molecule has 0 saturated heterocycles. The second-order valence-electron chi connectivity index (χ2n) is 13.7. The van der Waals surface area contributed by atoms with Gasteiger partial charge in [0.2, 0.25) is 0 Å². The van der Waals surface area contributed by atoms with Gasteiger partial charge in [-0.15, -0.1) is 11.8 Å². The van der Waals surface area contributed by atoms with E-state index in [0.717, 1.165) is 11.4 Å². The zero-order chi connectivity index (χ0) is 33.5. The summed E-state index contributed by atoms with van der Waals surface area (Å²) in [5, 5.41) is 9.43. The van der Waals surface area contributed by atoms with Crippen molar-refractivity contribution in [3.05, 3.63) is 193 Å². The first-order valence-electron chi connectivity index (χ1n) is 17.7. The largest absolute Gasteiger partial charge is 0.374 e. The number of hydrogen-bond acceptors (Lipinski definition) is 2. The van der Waals surface area contributed by atoms with Gasteiger partial charge in [-0.25, -0.2) is 0 Å². The standard InChI is InChI=1S/C47H33N3S/c1-3-12-30(13-4-1)38-18-11-19-39(48-38)31-22-24-33(25-23-31)49-40-20-9-7-16-34(40)36-28-37-43(29-42(36)49)50(32-14-5-2-6-15-32)41-26-27-45-47(46(37)41)35-17-8-10-21-44(35)51-45/h1-29,35,38,44,48H. The summed E-state index contributed by atoms with van der Waals surface area (Å²) in [7, 11) is 0. The number of dihydropyridines is 1. The number of benzene rings is 6. The average Bonchev–Trinajstić information content (AvgIpc) is 3.85. The second-order valence-corrected chi connectivity index (χ2v) is 14.9. The van der Waals surface area contributed by atoms with E-state index in [1.807, 2.05) is 11.8 Å². The highest BCUT2D eigenvalue weighted by Crippen LogP contribution is 2.53. The van der Waals surface area contributed by atoms with Crippen LogP contribution in [-0.2, 0) is 0 Å². The van der Waals surface area contributed by atoms with Crippen molar-refractivity contribution in [1.82, 2.24) is 14.5 Å². The number of fused-ring (bicyclic) bond motifs is 10. The third-order valence-electron chi connectivity index (χ3n) is 10.9. The molecule has 2 aliphatic heterocycles. The Balaban J connectivity index is 1.12. The van der Waals surface area contributed by atoms with E-state index >= 15 is 0 Å². The molecule has 8 aromatic rings. The van der Waals surface area contributed by atoms with Crippen molar-refractivity contribution in [1.29, 1.82) is 0 Å². The predicted molar refractivity (Wildman–Crippen MR) is 215 cm³/mol. The maximum absolute atomic E-state index is 3.74. The minimum Gasteiger partial charge on any atom is -0.374 e. The fourth-order valence-corrected chi connectivity index (χ4v) is 9.95. The SMILES string of the molecule is C1=CC(c2ccccc2)NC(c2ccc(-n3c4ccccc4c4cc5c6c7c(ccc6n(-c6ccccc6)c5cc43)SC3C=CC=CC73)cc2)=C1. The summed E-state index contributed by atoms with van der Waals surface area (Å²) < 4.78 is 4.93. The lowest BCUT2D eigenvalue weighted by Gasteiger charge is -2.22. The van der Waals surface area contributed by atoms with Crippen LogP contribution in [0.4, 0.5) is 0 Å². The Labute approximate surface area is 300 Å².